The summed E-state index contributed by atoms with van der Waals surface area (Å²) in [5.41, 5.74) is 4.02. The first-order chi connectivity index (χ1) is 22.1. The molecule has 2 aromatic rings. The predicted octanol–water partition coefficient (Wildman–Crippen LogP) is 4.70. The van der Waals surface area contributed by atoms with Crippen molar-refractivity contribution in [2.24, 2.45) is 0 Å². The van der Waals surface area contributed by atoms with Crippen LogP contribution in [0, 0.1) is 0 Å². The average Bonchev–Trinajstić information content (AvgIpc) is 3.06. The molecular formula is C34H45N7O4S. The summed E-state index contributed by atoms with van der Waals surface area (Å²) < 4.78 is 13.6. The highest BCUT2D eigenvalue weighted by Crippen LogP contribution is 2.37. The van der Waals surface area contributed by atoms with Crippen molar-refractivity contribution in [1.82, 2.24) is 19.6 Å². The number of piperazine rings is 1. The molecule has 0 saturated carbocycles. The number of allylic oxidation sites excluding steroid dienone is 1. The minimum atomic E-state index is -0.346. The van der Waals surface area contributed by atoms with E-state index in [4.69, 9.17) is 9.47 Å². The highest BCUT2D eigenvalue weighted by atomic mass is 32.2. The van der Waals surface area contributed by atoms with Crippen LogP contribution in [-0.2, 0) is 9.47 Å². The first-order valence-corrected chi connectivity index (χ1v) is 16.8. The molecule has 4 aliphatic heterocycles. The second-order valence-electron chi connectivity index (χ2n) is 12.8. The van der Waals surface area contributed by atoms with E-state index in [0.29, 0.717) is 36.6 Å². The minimum Gasteiger partial charge on any atom is -0.378 e. The smallest absolute Gasteiger partial charge is 0.323 e. The number of carbonyl (C=O) groups excluding carboxylic acids is 2. The van der Waals surface area contributed by atoms with E-state index in [2.05, 4.69) is 69.7 Å². The zero-order valence-electron chi connectivity index (χ0n) is 27.2. The van der Waals surface area contributed by atoms with Gasteiger partial charge in [-0.25, -0.2) is 4.79 Å². The van der Waals surface area contributed by atoms with Crippen LogP contribution in [0.1, 0.15) is 31.1 Å². The molecule has 0 radical (unpaired) electrons. The van der Waals surface area contributed by atoms with E-state index in [0.717, 1.165) is 57.3 Å². The van der Waals surface area contributed by atoms with Crippen molar-refractivity contribution in [2.75, 3.05) is 87.6 Å². The van der Waals surface area contributed by atoms with Crippen LogP contribution < -0.4 is 14.9 Å². The van der Waals surface area contributed by atoms with E-state index >= 15 is 0 Å². The van der Waals surface area contributed by atoms with Gasteiger partial charge in [-0.1, -0.05) is 0 Å². The van der Waals surface area contributed by atoms with Gasteiger partial charge in [-0.2, -0.15) is 0 Å². The van der Waals surface area contributed by atoms with Gasteiger partial charge in [-0.15, -0.1) is 0 Å². The van der Waals surface area contributed by atoms with E-state index in [1.165, 1.54) is 5.03 Å². The summed E-state index contributed by atoms with van der Waals surface area (Å²) in [7, 11) is 2.09. The lowest BCUT2D eigenvalue weighted by atomic mass is 9.99. The van der Waals surface area contributed by atoms with Gasteiger partial charge in [0.1, 0.15) is 0 Å². The number of hydrogen-bond donors (Lipinski definition) is 2. The van der Waals surface area contributed by atoms with Crippen molar-refractivity contribution >= 4 is 40.9 Å². The number of likely N-dealkylation sites (N-methyl/N-ethyl adjacent to an activating group) is 1. The van der Waals surface area contributed by atoms with Gasteiger partial charge >= 0.3 is 6.03 Å². The van der Waals surface area contributed by atoms with Gasteiger partial charge in [0.15, 0.2) is 0 Å². The van der Waals surface area contributed by atoms with E-state index in [1.54, 1.807) is 36.2 Å². The van der Waals surface area contributed by atoms with Crippen LogP contribution in [0.25, 0.3) is 0 Å². The molecule has 46 heavy (non-hydrogen) atoms. The van der Waals surface area contributed by atoms with Gasteiger partial charge in [-0.3, -0.25) is 14.0 Å². The van der Waals surface area contributed by atoms with Gasteiger partial charge < -0.3 is 34.8 Å². The molecule has 3 amide bonds. The van der Waals surface area contributed by atoms with E-state index in [9.17, 15) is 9.59 Å². The monoisotopic (exact) mass is 647 g/mol. The van der Waals surface area contributed by atoms with Crippen LogP contribution in [-0.4, -0.2) is 116 Å². The Morgan fingerprint density at radius 1 is 0.870 bits per heavy atom. The molecule has 6 rings (SSSR count). The first kappa shape index (κ1) is 32.2. The second-order valence-corrected chi connectivity index (χ2v) is 13.8. The lowest BCUT2D eigenvalue weighted by Crippen LogP contribution is -2.58. The Labute approximate surface area is 276 Å². The van der Waals surface area contributed by atoms with Crippen molar-refractivity contribution < 1.29 is 19.1 Å². The number of morpholine rings is 2. The Kier molecular flexibility index (Phi) is 9.78. The molecular weight excluding hydrogens is 602 g/mol. The number of rotatable bonds is 6. The summed E-state index contributed by atoms with van der Waals surface area (Å²) in [4.78, 5) is 34.9. The van der Waals surface area contributed by atoms with Crippen molar-refractivity contribution in [1.29, 1.82) is 0 Å². The summed E-state index contributed by atoms with van der Waals surface area (Å²) in [6, 6.07) is 14.6. The third-order valence-electron chi connectivity index (χ3n) is 9.01. The molecule has 0 aromatic heterocycles. The van der Waals surface area contributed by atoms with E-state index < -0.39 is 0 Å². The summed E-state index contributed by atoms with van der Waals surface area (Å²) in [5.74, 6) is 0.0122. The molecule has 246 valence electrons. The number of nitrogens with one attached hydrogen (secondary N) is 2. The molecule has 12 heteroatoms. The van der Waals surface area contributed by atoms with Crippen LogP contribution >= 0.6 is 11.9 Å². The summed E-state index contributed by atoms with van der Waals surface area (Å²) in [6.07, 6.45) is 4.64. The molecule has 3 saturated heterocycles. The topological polar surface area (TPSA) is 92.9 Å². The molecule has 2 aromatic carbocycles. The van der Waals surface area contributed by atoms with Gasteiger partial charge in [-0.05, 0) is 82.4 Å². The van der Waals surface area contributed by atoms with Gasteiger partial charge in [0.05, 0.1) is 42.3 Å². The molecule has 0 aliphatic carbocycles. The average molecular weight is 648 g/mol. The van der Waals surface area contributed by atoms with Crippen molar-refractivity contribution in [3.63, 3.8) is 0 Å². The summed E-state index contributed by atoms with van der Waals surface area (Å²) >= 11 is 1.69. The van der Waals surface area contributed by atoms with Crippen molar-refractivity contribution in [3.8, 4) is 0 Å². The molecule has 0 bridgehead atoms. The maximum Gasteiger partial charge on any atom is 0.323 e. The third-order valence-corrected chi connectivity index (χ3v) is 10.1. The quantitative estimate of drug-likeness (QED) is 0.433. The normalized spacial score (nSPS) is 22.2. The van der Waals surface area contributed by atoms with Crippen LogP contribution in [0.15, 0.2) is 71.5 Å². The van der Waals surface area contributed by atoms with Crippen LogP contribution in [0.4, 0.5) is 21.9 Å². The largest absolute Gasteiger partial charge is 0.378 e. The molecule has 3 fully saturated rings. The number of hydrogen-bond acceptors (Lipinski definition) is 9. The maximum atomic E-state index is 13.1. The number of urea groups is 1. The Bertz CT molecular complexity index is 1460. The molecule has 1 unspecified atom stereocenters. The zero-order valence-corrected chi connectivity index (χ0v) is 28.0. The summed E-state index contributed by atoms with van der Waals surface area (Å²) in [5, 5.41) is 6.99. The number of nitrogens with zero attached hydrogens (tertiary/aromatic N) is 5. The molecule has 2 N–H and O–H groups in total. The van der Waals surface area contributed by atoms with Gasteiger partial charge in [0.2, 0.25) is 0 Å². The molecule has 4 aliphatic rings. The fraction of sp³-hybridized carbons (Fsp3) is 0.471. The standard InChI is InChI=1S/C34H45N7O4S/c1-25-22-39(17-20-45-25)30-21-31(38-15-18-44-19-16-38)46-41(23-30)29-11-9-28(10-12-29)36-33(43)35-27-7-5-26(6-8-27)32(42)40-14-13-37(4)34(2,3)24-40/h5-12,21,23,25H,13-20,22,24H2,1-4H3,(H2,35,36,43). The first-order valence-electron chi connectivity index (χ1n) is 16.0. The molecule has 1 atom stereocenters. The summed E-state index contributed by atoms with van der Waals surface area (Å²) in [6.45, 7) is 14.2. The van der Waals surface area contributed by atoms with E-state index in [-0.39, 0.29) is 23.6 Å². The number of ether oxygens (including phenoxy) is 2. The Morgan fingerprint density at radius 3 is 2.17 bits per heavy atom. The maximum absolute atomic E-state index is 13.1. The zero-order chi connectivity index (χ0) is 32.3. The SMILES string of the molecule is CC1CN(C2=CN(c3ccc(NC(=O)Nc4ccc(C(=O)N5CCN(C)C(C)(C)C5)cc4)cc3)SC(N3CCOCC3)=C2)CCO1. The Hall–Kier alpha value is -3.71. The van der Waals surface area contributed by atoms with Crippen LogP contribution in [0.2, 0.25) is 0 Å². The Morgan fingerprint density at radius 2 is 1.52 bits per heavy atom. The fourth-order valence-corrected chi connectivity index (χ4v) is 7.06. The number of anilines is 3. The fourth-order valence-electron chi connectivity index (χ4n) is 6.00. The third kappa shape index (κ3) is 7.63. The van der Waals surface area contributed by atoms with Crippen molar-refractivity contribution in [2.45, 2.75) is 32.4 Å². The number of benzene rings is 2. The predicted molar refractivity (Wildman–Crippen MR) is 184 cm³/mol. The highest BCUT2D eigenvalue weighted by Gasteiger charge is 2.33. The van der Waals surface area contributed by atoms with E-state index in [1.807, 2.05) is 29.2 Å². The van der Waals surface area contributed by atoms with Gasteiger partial charge in [0, 0.05) is 86.4 Å². The lowest BCUT2D eigenvalue weighted by Gasteiger charge is -2.45. The lowest BCUT2D eigenvalue weighted by molar-refractivity contribution is -0.00468. The highest BCUT2D eigenvalue weighted by molar-refractivity contribution is 8.04. The van der Waals surface area contributed by atoms with Crippen molar-refractivity contribution in [3.05, 3.63) is 77.1 Å². The van der Waals surface area contributed by atoms with Gasteiger partial charge in [0.25, 0.3) is 5.91 Å². The molecule has 0 spiro atoms. The molecule has 4 heterocycles. The second kappa shape index (κ2) is 14.0. The van der Waals surface area contributed by atoms with Crippen LogP contribution in [0.3, 0.4) is 0 Å². The minimum absolute atomic E-state index is 0.0122. The number of amides is 3. The molecule has 11 nitrogen and oxygen atoms in total. The van der Waals surface area contributed by atoms with Crippen LogP contribution in [0.5, 0.6) is 0 Å². The Balaban J connectivity index is 1.07. The number of carbonyl (C=O) groups is 2.